The second-order valence-electron chi connectivity index (χ2n) is 15.9. The van der Waals surface area contributed by atoms with E-state index in [4.69, 9.17) is 9.47 Å². The van der Waals surface area contributed by atoms with E-state index in [9.17, 15) is 39.9 Å². The molecular weight excluding hydrogens is 941 g/mol. The molecule has 0 radical (unpaired) electrons. The summed E-state index contributed by atoms with van der Waals surface area (Å²) in [5, 5.41) is 57.3. The number of nitrogens with one attached hydrogen (secondary N) is 1. The van der Waals surface area contributed by atoms with Crippen LogP contribution >= 0.6 is 11.8 Å². The number of rotatable bonds is 23. The highest BCUT2D eigenvalue weighted by Crippen LogP contribution is 2.32. The third-order valence-electron chi connectivity index (χ3n) is 10.5. The standard InChI is InChI=1S/C60H56N2O10S/c1-3-5-7-9-11-13-15-17-18-19-20-21-22-23-24-25-26-27-29-31-33-35-40-44-53(64)61-49(55(66)50(63)43-39-34-32-30-28-16-14-12-10-8-6-4-2)46-71-60-58(69)57(68)56(67)51(72-60)47-73-52-45-54(65)62(59(52)70)48-41-37-36-38-42-48/h36-38,41-42,45,49-51,55-58,60,63,66-69H,4,6,8,10,12,14,16,28,30,32,34,39,43,46-47H2,1-2H3,(H,61,64)/t49-,50+,51?,55-,56-,57-,58?,60-/m0/s1. The average molecular weight is 997 g/mol. The number of hydrogen-bond donors (Lipinski definition) is 6. The summed E-state index contributed by atoms with van der Waals surface area (Å²) in [7, 11) is 0. The predicted octanol–water partition coefficient (Wildman–Crippen LogP) is 3.36. The summed E-state index contributed by atoms with van der Waals surface area (Å²) >= 11 is 0.913. The van der Waals surface area contributed by atoms with Gasteiger partial charge in [-0.1, -0.05) is 108 Å². The highest BCUT2D eigenvalue weighted by atomic mass is 32.2. The van der Waals surface area contributed by atoms with Gasteiger partial charge < -0.3 is 40.3 Å². The van der Waals surface area contributed by atoms with Crippen LogP contribution in [0.5, 0.6) is 0 Å². The normalized spacial score (nSPS) is 17.8. The molecule has 1 fully saturated rings. The van der Waals surface area contributed by atoms with Crippen LogP contribution in [-0.4, -0.2) is 105 Å². The van der Waals surface area contributed by atoms with Crippen molar-refractivity contribution in [1.82, 2.24) is 5.32 Å². The monoisotopic (exact) mass is 996 g/mol. The molecule has 2 heterocycles. The van der Waals surface area contributed by atoms with Gasteiger partial charge in [-0.15, -0.1) is 11.8 Å². The Hall–Kier alpha value is -7.64. The zero-order valence-electron chi connectivity index (χ0n) is 40.8. The number of aliphatic hydroxyl groups is 5. The summed E-state index contributed by atoms with van der Waals surface area (Å²) in [5.74, 6) is 57.3. The number of carbonyl (C=O) groups is 3. The maximum atomic E-state index is 13.1. The largest absolute Gasteiger partial charge is 0.390 e. The molecule has 0 spiro atoms. The molecule has 13 heteroatoms. The summed E-state index contributed by atoms with van der Waals surface area (Å²) in [4.78, 5) is 39.9. The Morgan fingerprint density at radius 3 is 1.62 bits per heavy atom. The minimum atomic E-state index is -1.78. The second-order valence-corrected chi connectivity index (χ2v) is 17.0. The van der Waals surface area contributed by atoms with E-state index >= 15 is 0 Å². The van der Waals surface area contributed by atoms with Crippen LogP contribution in [0.4, 0.5) is 5.69 Å². The number of anilines is 1. The Labute approximate surface area is 435 Å². The number of thioether (sulfide) groups is 1. The number of amides is 3. The van der Waals surface area contributed by atoms with Gasteiger partial charge in [-0.2, -0.15) is 0 Å². The van der Waals surface area contributed by atoms with Crippen molar-refractivity contribution in [2.24, 2.45) is 0 Å². The summed E-state index contributed by atoms with van der Waals surface area (Å²) in [6.07, 6.45) is 4.02. The minimum Gasteiger partial charge on any atom is -0.390 e. The van der Waals surface area contributed by atoms with Gasteiger partial charge in [-0.3, -0.25) is 14.4 Å². The molecule has 12 nitrogen and oxygen atoms in total. The molecule has 0 saturated carbocycles. The van der Waals surface area contributed by atoms with Crippen molar-refractivity contribution >= 4 is 35.2 Å². The van der Waals surface area contributed by atoms with Crippen molar-refractivity contribution in [3.05, 3.63) is 41.3 Å². The van der Waals surface area contributed by atoms with Gasteiger partial charge in [0, 0.05) is 53.3 Å². The van der Waals surface area contributed by atoms with Gasteiger partial charge in [0.05, 0.1) is 35.4 Å². The summed E-state index contributed by atoms with van der Waals surface area (Å²) in [6.45, 7) is 3.34. The molecule has 0 aliphatic carbocycles. The molecule has 6 N–H and O–H groups in total. The van der Waals surface area contributed by atoms with E-state index in [-0.39, 0.29) is 17.1 Å². The lowest BCUT2D eigenvalue weighted by Gasteiger charge is -2.41. The van der Waals surface area contributed by atoms with E-state index in [1.54, 1.807) is 37.3 Å². The van der Waals surface area contributed by atoms with Crippen LogP contribution in [0.2, 0.25) is 0 Å². The molecule has 372 valence electrons. The van der Waals surface area contributed by atoms with Crippen molar-refractivity contribution in [2.75, 3.05) is 17.3 Å². The maximum absolute atomic E-state index is 13.1. The van der Waals surface area contributed by atoms with E-state index in [1.807, 2.05) is 0 Å². The molecular formula is C60H56N2O10S. The van der Waals surface area contributed by atoms with E-state index in [1.165, 1.54) is 44.9 Å². The van der Waals surface area contributed by atoms with Crippen LogP contribution in [0.1, 0.15) is 97.3 Å². The fourth-order valence-electron chi connectivity index (χ4n) is 6.78. The van der Waals surface area contributed by atoms with Gasteiger partial charge in [0.15, 0.2) is 6.29 Å². The number of para-hydroxylation sites is 1. The van der Waals surface area contributed by atoms with Gasteiger partial charge in [0.1, 0.15) is 24.4 Å². The number of nitrogens with zero attached hydrogens (tertiary/aromatic N) is 1. The minimum absolute atomic E-state index is 0.0769. The lowest BCUT2D eigenvalue weighted by atomic mass is 9.98. The van der Waals surface area contributed by atoms with Gasteiger partial charge in [0.25, 0.3) is 17.7 Å². The molecule has 73 heavy (non-hydrogen) atoms. The molecule has 1 aromatic carbocycles. The highest BCUT2D eigenvalue weighted by molar-refractivity contribution is 8.04. The molecule has 0 bridgehead atoms. The zero-order valence-corrected chi connectivity index (χ0v) is 41.6. The fraction of sp³-hybridized carbons (Fsp3) is 0.417. The Balaban J connectivity index is 1.60. The summed E-state index contributed by atoms with van der Waals surface area (Å²) in [6, 6.07) is 7.05. The van der Waals surface area contributed by atoms with Crippen molar-refractivity contribution < 1.29 is 49.4 Å². The van der Waals surface area contributed by atoms with Gasteiger partial charge in [-0.25, -0.2) is 4.90 Å². The van der Waals surface area contributed by atoms with Crippen LogP contribution in [0.25, 0.3) is 0 Å². The topological polar surface area (TPSA) is 186 Å². The zero-order chi connectivity index (χ0) is 52.7. The molecule has 3 rings (SSSR count). The number of aliphatic hydroxyl groups excluding tert-OH is 5. The second kappa shape index (κ2) is 37.2. The van der Waals surface area contributed by atoms with Gasteiger partial charge in [-0.05, 0) is 120 Å². The lowest BCUT2D eigenvalue weighted by Crippen LogP contribution is -2.60. The van der Waals surface area contributed by atoms with E-state index in [2.05, 4.69) is 154 Å². The first-order chi connectivity index (χ1) is 35.6. The molecule has 0 aromatic heterocycles. The van der Waals surface area contributed by atoms with Crippen LogP contribution in [-0.2, 0) is 23.9 Å². The smallest absolute Gasteiger partial charge is 0.297 e. The third-order valence-corrected chi connectivity index (χ3v) is 11.6. The number of hydrogen-bond acceptors (Lipinski definition) is 11. The van der Waals surface area contributed by atoms with E-state index < -0.39 is 73.3 Å². The SMILES string of the molecule is CC#CC#CC#CC#CC#CC#CC#CC#CC#CC#CC#CC#CC(=O)N[C@@H](CO[C@H]1OC(CSC2=CC(=O)N(c3ccccc3)C2=O)[C@H](O)[C@H](O)C1O)[C@H](O)[C@H](O)CCCCCCCCCCCCCC. The van der Waals surface area contributed by atoms with Crippen molar-refractivity contribution in [3.63, 3.8) is 0 Å². The first-order valence-corrected chi connectivity index (χ1v) is 24.8. The highest BCUT2D eigenvalue weighted by Gasteiger charge is 2.45. The predicted molar refractivity (Wildman–Crippen MR) is 281 cm³/mol. The Bertz CT molecular complexity index is 2880. The van der Waals surface area contributed by atoms with Crippen LogP contribution < -0.4 is 10.2 Å². The van der Waals surface area contributed by atoms with E-state index in [0.29, 0.717) is 12.1 Å². The van der Waals surface area contributed by atoms with Crippen molar-refractivity contribution in [2.45, 2.75) is 146 Å². The molecule has 8 atom stereocenters. The molecule has 1 saturated heterocycles. The number of unbranched alkanes of at least 4 members (excludes halogenated alkanes) is 11. The van der Waals surface area contributed by atoms with Gasteiger partial charge >= 0.3 is 0 Å². The maximum Gasteiger partial charge on any atom is 0.297 e. The number of benzene rings is 1. The van der Waals surface area contributed by atoms with Crippen LogP contribution in [0.3, 0.4) is 0 Å². The molecule has 3 amide bonds. The lowest BCUT2D eigenvalue weighted by molar-refractivity contribution is -0.294. The van der Waals surface area contributed by atoms with Gasteiger partial charge in [0.2, 0.25) is 0 Å². The first-order valence-electron chi connectivity index (χ1n) is 23.8. The third kappa shape index (κ3) is 24.4. The van der Waals surface area contributed by atoms with Crippen molar-refractivity contribution in [1.29, 1.82) is 0 Å². The molecule has 1 aromatic rings. The quantitative estimate of drug-likeness (QED) is 0.0537. The number of imide groups is 1. The first kappa shape index (κ1) is 59.7. The summed E-state index contributed by atoms with van der Waals surface area (Å²) < 4.78 is 11.6. The average Bonchev–Trinajstić information content (AvgIpc) is 3.68. The molecule has 2 unspecified atom stereocenters. The van der Waals surface area contributed by atoms with Crippen molar-refractivity contribution in [3.8, 4) is 142 Å². The molecule has 2 aliphatic heterocycles. The fourth-order valence-corrected chi connectivity index (χ4v) is 7.79. The Morgan fingerprint density at radius 2 is 1.12 bits per heavy atom. The summed E-state index contributed by atoms with van der Waals surface area (Å²) in [5.41, 5.74) is 0.383. The Kier molecular flexibility index (Phi) is 30.4. The molecule has 2 aliphatic rings. The van der Waals surface area contributed by atoms with Crippen LogP contribution in [0, 0.1) is 142 Å². The Morgan fingerprint density at radius 1 is 0.658 bits per heavy atom. The number of carbonyl (C=O) groups excluding carboxylic acids is 3. The van der Waals surface area contributed by atoms with Crippen LogP contribution in [0.15, 0.2) is 41.3 Å². The van der Waals surface area contributed by atoms with E-state index in [0.717, 1.165) is 48.4 Å². The number of ether oxygens (including phenoxy) is 2.